The molecule has 200 valence electrons. The van der Waals surface area contributed by atoms with Gasteiger partial charge in [0.15, 0.2) is 0 Å². The Bertz CT molecular complexity index is 1160. The first-order valence-electron chi connectivity index (χ1n) is 12.2. The SMILES string of the molecule is CC(C)C[C@H](NC(=O)[C@H](Cc1c[nH]c2ccccc12)NC(=O)OC(C)(C)C)C(=O)NCCC(=O)C=[N+]=[N-]. The van der Waals surface area contributed by atoms with Gasteiger partial charge in [-0.2, -0.15) is 4.79 Å². The van der Waals surface area contributed by atoms with Gasteiger partial charge in [-0.05, 0) is 44.7 Å². The van der Waals surface area contributed by atoms with Crippen molar-refractivity contribution in [3.8, 4) is 0 Å². The number of H-pyrrole nitrogens is 1. The van der Waals surface area contributed by atoms with Gasteiger partial charge in [0.05, 0.1) is 0 Å². The highest BCUT2D eigenvalue weighted by Crippen LogP contribution is 2.20. The van der Waals surface area contributed by atoms with Gasteiger partial charge in [-0.15, -0.1) is 0 Å². The summed E-state index contributed by atoms with van der Waals surface area (Å²) in [6, 6.07) is 5.71. The Balaban J connectivity index is 2.20. The number of carbonyl (C=O) groups is 4. The molecule has 0 spiro atoms. The monoisotopic (exact) mass is 512 g/mol. The van der Waals surface area contributed by atoms with E-state index in [1.54, 1.807) is 27.0 Å². The summed E-state index contributed by atoms with van der Waals surface area (Å²) in [4.78, 5) is 56.1. The zero-order valence-electron chi connectivity index (χ0n) is 22.0. The van der Waals surface area contributed by atoms with Gasteiger partial charge in [-0.25, -0.2) is 4.79 Å². The second kappa shape index (κ2) is 13.4. The topological polar surface area (TPSA) is 166 Å². The summed E-state index contributed by atoms with van der Waals surface area (Å²) in [6.07, 6.45) is 2.25. The van der Waals surface area contributed by atoms with Crippen molar-refractivity contribution in [2.24, 2.45) is 5.92 Å². The first-order valence-corrected chi connectivity index (χ1v) is 12.2. The van der Waals surface area contributed by atoms with Crippen molar-refractivity contribution in [2.45, 2.75) is 71.6 Å². The number of hydrogen-bond acceptors (Lipinski definition) is 5. The number of carbonyl (C=O) groups excluding carboxylic acids is 4. The normalized spacial score (nSPS) is 12.8. The van der Waals surface area contributed by atoms with E-state index in [1.165, 1.54) is 0 Å². The minimum atomic E-state index is -1.01. The maximum atomic E-state index is 13.4. The lowest BCUT2D eigenvalue weighted by molar-refractivity contribution is -0.130. The van der Waals surface area contributed by atoms with E-state index in [2.05, 4.69) is 25.7 Å². The lowest BCUT2D eigenvalue weighted by Crippen LogP contribution is -2.55. The third kappa shape index (κ3) is 9.89. The summed E-state index contributed by atoms with van der Waals surface area (Å²) in [7, 11) is 0. The molecule has 1 aromatic heterocycles. The van der Waals surface area contributed by atoms with Crippen LogP contribution in [0.3, 0.4) is 0 Å². The molecule has 0 saturated heterocycles. The van der Waals surface area contributed by atoms with Gasteiger partial charge >= 0.3 is 12.3 Å². The van der Waals surface area contributed by atoms with E-state index in [1.807, 2.05) is 38.1 Å². The summed E-state index contributed by atoms with van der Waals surface area (Å²) >= 11 is 0. The number of ether oxygens (including phenoxy) is 1. The molecule has 37 heavy (non-hydrogen) atoms. The molecule has 4 N–H and O–H groups in total. The number of para-hydroxylation sites is 1. The number of aromatic amines is 1. The highest BCUT2D eigenvalue weighted by atomic mass is 16.6. The molecule has 1 aromatic carbocycles. The lowest BCUT2D eigenvalue weighted by Gasteiger charge is -2.26. The Labute approximate surface area is 216 Å². The molecule has 0 aliphatic carbocycles. The van der Waals surface area contributed by atoms with E-state index >= 15 is 0 Å². The highest BCUT2D eigenvalue weighted by Gasteiger charge is 2.29. The largest absolute Gasteiger partial charge is 0.444 e. The molecule has 0 saturated carbocycles. The van der Waals surface area contributed by atoms with E-state index in [-0.39, 0.29) is 25.3 Å². The highest BCUT2D eigenvalue weighted by molar-refractivity contribution is 6.25. The van der Waals surface area contributed by atoms with Crippen LogP contribution in [0.15, 0.2) is 30.5 Å². The summed E-state index contributed by atoms with van der Waals surface area (Å²) in [6.45, 7) is 9.01. The number of nitrogens with zero attached hydrogens (tertiary/aromatic N) is 2. The Morgan fingerprint density at radius 2 is 1.78 bits per heavy atom. The standard InChI is InChI=1S/C26H36N6O5/c1-16(2)12-21(23(34)28-11-10-18(33)15-30-27)31-24(35)22(32-25(36)37-26(3,4)5)13-17-14-29-20-9-7-6-8-19(17)20/h6-9,14-16,21-22,29H,10-13H2,1-5H3,(H,28,34)(H,31,35)(H,32,36)/t21-,22-/m0/s1. The summed E-state index contributed by atoms with van der Waals surface area (Å²) in [5.74, 6) is -1.38. The van der Waals surface area contributed by atoms with Crippen LogP contribution in [0.1, 0.15) is 53.0 Å². The third-order valence-electron chi connectivity index (χ3n) is 5.32. The van der Waals surface area contributed by atoms with Crippen LogP contribution in [0.25, 0.3) is 16.4 Å². The lowest BCUT2D eigenvalue weighted by atomic mass is 10.0. The number of aromatic nitrogens is 1. The number of nitrogens with one attached hydrogen (secondary N) is 4. The van der Waals surface area contributed by atoms with E-state index in [0.29, 0.717) is 6.42 Å². The molecule has 11 heteroatoms. The van der Waals surface area contributed by atoms with Crippen LogP contribution in [0.2, 0.25) is 0 Å². The maximum absolute atomic E-state index is 13.4. The Morgan fingerprint density at radius 3 is 2.43 bits per heavy atom. The van der Waals surface area contributed by atoms with E-state index in [0.717, 1.165) is 22.7 Å². The number of benzene rings is 1. The van der Waals surface area contributed by atoms with Gasteiger partial charge < -0.3 is 31.2 Å². The first-order chi connectivity index (χ1) is 17.4. The van der Waals surface area contributed by atoms with Crippen LogP contribution < -0.4 is 16.0 Å². The fourth-order valence-corrected chi connectivity index (χ4v) is 3.72. The average molecular weight is 513 g/mol. The van der Waals surface area contributed by atoms with Gasteiger partial charge in [0, 0.05) is 36.5 Å². The molecule has 0 aliphatic rings. The minimum absolute atomic E-state index is 0.0169. The van der Waals surface area contributed by atoms with E-state index in [4.69, 9.17) is 10.3 Å². The number of hydrogen-bond donors (Lipinski definition) is 4. The average Bonchev–Trinajstić information content (AvgIpc) is 3.19. The van der Waals surface area contributed by atoms with Crippen LogP contribution in [0.4, 0.5) is 4.79 Å². The molecule has 0 aliphatic heterocycles. The molecule has 0 bridgehead atoms. The number of fused-ring (bicyclic) bond motifs is 1. The Hall–Kier alpha value is -3.98. The van der Waals surface area contributed by atoms with E-state index in [9.17, 15) is 19.2 Å². The summed E-state index contributed by atoms with van der Waals surface area (Å²) in [5.41, 5.74) is 9.39. The minimum Gasteiger partial charge on any atom is -0.444 e. The predicted octanol–water partition coefficient (Wildman–Crippen LogP) is 2.51. The van der Waals surface area contributed by atoms with Crippen molar-refractivity contribution < 1.29 is 28.7 Å². The van der Waals surface area contributed by atoms with Crippen LogP contribution in [0, 0.1) is 5.92 Å². The van der Waals surface area contributed by atoms with Crippen LogP contribution in [0.5, 0.6) is 0 Å². The molecule has 11 nitrogen and oxygen atoms in total. The molecule has 2 rings (SSSR count). The van der Waals surface area contributed by atoms with Gasteiger partial charge in [-0.1, -0.05) is 32.0 Å². The summed E-state index contributed by atoms with van der Waals surface area (Å²) < 4.78 is 5.36. The smallest absolute Gasteiger partial charge is 0.408 e. The van der Waals surface area contributed by atoms with Crippen molar-refractivity contribution in [3.05, 3.63) is 41.6 Å². The predicted molar refractivity (Wildman–Crippen MR) is 139 cm³/mol. The van der Waals surface area contributed by atoms with Gasteiger partial charge in [0.1, 0.15) is 17.7 Å². The van der Waals surface area contributed by atoms with Crippen molar-refractivity contribution >= 4 is 40.8 Å². The third-order valence-corrected chi connectivity index (χ3v) is 5.32. The Kier molecular flexibility index (Phi) is 10.6. The number of ketones is 1. The molecular formula is C26H36N6O5. The molecule has 0 fully saturated rings. The Morgan fingerprint density at radius 1 is 1.08 bits per heavy atom. The number of Topliss-reactive ketones (excluding diaryl/α,β-unsaturated/α-hetero) is 1. The van der Waals surface area contributed by atoms with Gasteiger partial charge in [-0.3, -0.25) is 14.4 Å². The molecule has 0 unspecified atom stereocenters. The molecule has 2 atom stereocenters. The van der Waals surface area contributed by atoms with Gasteiger partial charge in [0.2, 0.25) is 17.6 Å². The second-order valence-corrected chi connectivity index (χ2v) is 10.2. The fourth-order valence-electron chi connectivity index (χ4n) is 3.72. The number of rotatable bonds is 12. The molecule has 0 radical (unpaired) electrons. The number of amides is 3. The zero-order valence-corrected chi connectivity index (χ0v) is 22.0. The van der Waals surface area contributed by atoms with Crippen molar-refractivity contribution in [2.75, 3.05) is 6.54 Å². The fraction of sp³-hybridized carbons (Fsp3) is 0.500. The summed E-state index contributed by atoms with van der Waals surface area (Å²) in [5, 5.41) is 8.95. The van der Waals surface area contributed by atoms with Crippen molar-refractivity contribution in [3.63, 3.8) is 0 Å². The number of alkyl carbamates (subject to hydrolysis) is 1. The van der Waals surface area contributed by atoms with Crippen LogP contribution in [-0.2, 0) is 25.5 Å². The molecule has 3 amide bonds. The van der Waals surface area contributed by atoms with Gasteiger partial charge in [0.25, 0.3) is 0 Å². The van der Waals surface area contributed by atoms with Crippen molar-refractivity contribution in [1.29, 1.82) is 0 Å². The van der Waals surface area contributed by atoms with Crippen LogP contribution in [-0.4, -0.2) is 63.9 Å². The first kappa shape index (κ1) is 29.3. The van der Waals surface area contributed by atoms with Crippen molar-refractivity contribution in [1.82, 2.24) is 20.9 Å². The van der Waals surface area contributed by atoms with Crippen LogP contribution >= 0.6 is 0 Å². The molecule has 2 aromatic rings. The maximum Gasteiger partial charge on any atom is 0.408 e. The zero-order chi connectivity index (χ0) is 27.6. The quantitative estimate of drug-likeness (QED) is 0.194. The van der Waals surface area contributed by atoms with E-state index < -0.39 is 41.4 Å². The molecule has 1 heterocycles. The second-order valence-electron chi connectivity index (χ2n) is 10.2. The molecular weight excluding hydrogens is 476 g/mol.